The van der Waals surface area contributed by atoms with Gasteiger partial charge in [-0.15, -0.1) is 0 Å². The van der Waals surface area contributed by atoms with Crippen LogP contribution in [-0.4, -0.2) is 32.7 Å². The van der Waals surface area contributed by atoms with Crippen LogP contribution in [0.15, 0.2) is 12.2 Å². The second-order valence-corrected chi connectivity index (χ2v) is 8.84. The van der Waals surface area contributed by atoms with Crippen LogP contribution < -0.4 is 4.90 Å². The van der Waals surface area contributed by atoms with E-state index in [4.69, 9.17) is 4.74 Å². The molecule has 0 bridgehead atoms. The van der Waals surface area contributed by atoms with Crippen LogP contribution in [0.5, 0.6) is 0 Å². The van der Waals surface area contributed by atoms with Gasteiger partial charge in [0.2, 0.25) is 0 Å². The molecule has 1 aliphatic rings. The van der Waals surface area contributed by atoms with Crippen molar-refractivity contribution in [2.75, 3.05) is 26.7 Å². The lowest BCUT2D eigenvalue weighted by atomic mass is 9.97. The van der Waals surface area contributed by atoms with Gasteiger partial charge in [0.05, 0.1) is 32.7 Å². The Bertz CT molecular complexity index is 386. The molecule has 0 unspecified atom stereocenters. The Morgan fingerprint density at radius 3 is 1.89 bits per heavy atom. The summed E-state index contributed by atoms with van der Waals surface area (Å²) in [5.41, 5.74) is 0. The summed E-state index contributed by atoms with van der Waals surface area (Å²) >= 11 is 0. The van der Waals surface area contributed by atoms with Crippen molar-refractivity contribution < 1.29 is 14.4 Å². The number of quaternary nitrogens is 1. The van der Waals surface area contributed by atoms with E-state index in [1.54, 1.807) is 0 Å². The third-order valence-corrected chi connectivity index (χ3v) is 6.07. The van der Waals surface area contributed by atoms with Crippen LogP contribution in [0.4, 0.5) is 0 Å². The first-order valence-electron chi connectivity index (χ1n) is 12.4. The summed E-state index contributed by atoms with van der Waals surface area (Å²) in [5, 5.41) is 0. The Balaban J connectivity index is 1.78. The number of nitrogens with one attached hydrogen (secondary N) is 1. The Morgan fingerprint density at radius 2 is 1.32 bits per heavy atom. The van der Waals surface area contributed by atoms with Crippen molar-refractivity contribution in [3.63, 3.8) is 0 Å². The second kappa shape index (κ2) is 18.2. The van der Waals surface area contributed by atoms with E-state index in [0.717, 1.165) is 32.4 Å². The Kier molecular flexibility index (Phi) is 16.4. The maximum atomic E-state index is 12.0. The standard InChI is InChI=1S/C25H47NO2/c1-3-4-5-6-7-8-9-10-11-12-13-14-15-16-17-18-23-28-25(27)24-19-21-26(2)22-20-24/h10-11,24H,3-9,12-23H2,1-2H3/p+1/b11-10-. The van der Waals surface area contributed by atoms with E-state index in [2.05, 4.69) is 26.1 Å². The predicted octanol–water partition coefficient (Wildman–Crippen LogP) is 5.49. The van der Waals surface area contributed by atoms with E-state index in [9.17, 15) is 4.79 Å². The van der Waals surface area contributed by atoms with Crippen molar-refractivity contribution in [1.29, 1.82) is 0 Å². The highest BCUT2D eigenvalue weighted by atomic mass is 16.5. The fourth-order valence-electron chi connectivity index (χ4n) is 3.99. The van der Waals surface area contributed by atoms with Gasteiger partial charge in [-0.3, -0.25) is 4.79 Å². The number of hydrogen-bond acceptors (Lipinski definition) is 2. The van der Waals surface area contributed by atoms with Gasteiger partial charge in [-0.1, -0.05) is 76.9 Å². The number of unbranched alkanes of at least 4 members (excludes halogenated alkanes) is 12. The van der Waals surface area contributed by atoms with E-state index >= 15 is 0 Å². The molecule has 1 fully saturated rings. The Morgan fingerprint density at radius 1 is 0.821 bits per heavy atom. The highest BCUT2D eigenvalue weighted by molar-refractivity contribution is 5.72. The number of hydrogen-bond donors (Lipinski definition) is 1. The first-order valence-corrected chi connectivity index (χ1v) is 12.4. The van der Waals surface area contributed by atoms with Gasteiger partial charge in [0, 0.05) is 12.8 Å². The van der Waals surface area contributed by atoms with Crippen LogP contribution >= 0.6 is 0 Å². The number of piperidine rings is 1. The van der Waals surface area contributed by atoms with Crippen LogP contribution in [0.2, 0.25) is 0 Å². The first kappa shape index (κ1) is 25.2. The molecule has 0 radical (unpaired) electrons. The highest BCUT2D eigenvalue weighted by Crippen LogP contribution is 2.13. The predicted molar refractivity (Wildman–Crippen MR) is 120 cm³/mol. The highest BCUT2D eigenvalue weighted by Gasteiger charge is 2.26. The van der Waals surface area contributed by atoms with Crippen LogP contribution in [0.1, 0.15) is 110 Å². The van der Waals surface area contributed by atoms with Gasteiger partial charge in [0.15, 0.2) is 0 Å². The number of carbonyl (C=O) groups excluding carboxylic acids is 1. The lowest BCUT2D eigenvalue weighted by Gasteiger charge is -2.25. The van der Waals surface area contributed by atoms with Crippen molar-refractivity contribution in [3.05, 3.63) is 12.2 Å². The third-order valence-electron chi connectivity index (χ3n) is 6.07. The minimum atomic E-state index is 0.0558. The largest absolute Gasteiger partial charge is 0.465 e. The number of ether oxygens (including phenoxy) is 1. The molecule has 3 heteroatoms. The van der Waals surface area contributed by atoms with Crippen LogP contribution in [0.25, 0.3) is 0 Å². The molecule has 0 saturated carbocycles. The fourth-order valence-corrected chi connectivity index (χ4v) is 3.99. The molecule has 1 aliphatic heterocycles. The summed E-state index contributed by atoms with van der Waals surface area (Å²) in [5.74, 6) is 0.220. The Labute approximate surface area is 175 Å². The monoisotopic (exact) mass is 394 g/mol. The number of esters is 1. The summed E-state index contributed by atoms with van der Waals surface area (Å²) in [4.78, 5) is 13.6. The van der Waals surface area contributed by atoms with E-state index in [0.29, 0.717) is 6.61 Å². The van der Waals surface area contributed by atoms with Crippen LogP contribution in [0, 0.1) is 5.92 Å². The molecule has 1 saturated heterocycles. The van der Waals surface area contributed by atoms with Crippen molar-refractivity contribution in [2.45, 2.75) is 110 Å². The molecule has 28 heavy (non-hydrogen) atoms. The first-order chi connectivity index (χ1) is 13.7. The van der Waals surface area contributed by atoms with Gasteiger partial charge >= 0.3 is 5.97 Å². The van der Waals surface area contributed by atoms with Crippen LogP contribution in [0.3, 0.4) is 0 Å². The summed E-state index contributed by atoms with van der Waals surface area (Å²) < 4.78 is 5.48. The SMILES string of the molecule is CCCCCCCC/C=C\CCCCCCCCOC(=O)C1CC[NH+](C)CC1. The van der Waals surface area contributed by atoms with E-state index < -0.39 is 0 Å². The number of carbonyl (C=O) groups is 1. The third kappa shape index (κ3) is 14.2. The molecule has 1 heterocycles. The maximum Gasteiger partial charge on any atom is 0.309 e. The zero-order chi connectivity index (χ0) is 20.3. The lowest BCUT2D eigenvalue weighted by Crippen LogP contribution is -3.10. The molecule has 0 aromatic rings. The van der Waals surface area contributed by atoms with Crippen molar-refractivity contribution in [3.8, 4) is 0 Å². The Hall–Kier alpha value is -0.830. The molecule has 1 N–H and O–H groups in total. The van der Waals surface area contributed by atoms with Gasteiger partial charge in [-0.05, 0) is 32.1 Å². The topological polar surface area (TPSA) is 30.7 Å². The molecule has 0 aliphatic carbocycles. The van der Waals surface area contributed by atoms with Crippen molar-refractivity contribution in [2.24, 2.45) is 5.92 Å². The van der Waals surface area contributed by atoms with Crippen molar-refractivity contribution in [1.82, 2.24) is 0 Å². The quantitative estimate of drug-likeness (QED) is 0.201. The molecule has 3 nitrogen and oxygen atoms in total. The normalized spacial score (nSPS) is 19.9. The number of rotatable bonds is 17. The molecule has 0 aromatic heterocycles. The number of likely N-dealkylation sites (tertiary alicyclic amines) is 1. The molecule has 0 atom stereocenters. The van der Waals surface area contributed by atoms with E-state index in [1.807, 2.05) is 0 Å². The molecule has 164 valence electrons. The molecule has 1 rings (SSSR count). The summed E-state index contributed by atoms with van der Waals surface area (Å²) in [6, 6.07) is 0. The molecular weight excluding hydrogens is 346 g/mol. The zero-order valence-electron chi connectivity index (χ0n) is 19.0. The lowest BCUT2D eigenvalue weighted by molar-refractivity contribution is -0.885. The minimum absolute atomic E-state index is 0.0558. The average molecular weight is 395 g/mol. The second-order valence-electron chi connectivity index (χ2n) is 8.84. The number of allylic oxidation sites excluding steroid dienone is 2. The fraction of sp³-hybridized carbons (Fsp3) is 0.880. The van der Waals surface area contributed by atoms with E-state index in [1.165, 1.54) is 88.4 Å². The molecule has 0 amide bonds. The van der Waals surface area contributed by atoms with Gasteiger partial charge in [0.1, 0.15) is 0 Å². The average Bonchev–Trinajstić information content (AvgIpc) is 2.70. The minimum Gasteiger partial charge on any atom is -0.465 e. The van der Waals surface area contributed by atoms with Gasteiger partial charge in [-0.25, -0.2) is 0 Å². The molecule has 0 aromatic carbocycles. The van der Waals surface area contributed by atoms with Gasteiger partial charge in [-0.2, -0.15) is 0 Å². The molecular formula is C25H48NO2+. The van der Waals surface area contributed by atoms with Crippen LogP contribution in [-0.2, 0) is 9.53 Å². The van der Waals surface area contributed by atoms with Gasteiger partial charge in [0.25, 0.3) is 0 Å². The summed E-state index contributed by atoms with van der Waals surface area (Å²) in [6.45, 7) is 5.11. The maximum absolute atomic E-state index is 12.0. The summed E-state index contributed by atoms with van der Waals surface area (Å²) in [6.07, 6.45) is 25.1. The zero-order valence-corrected chi connectivity index (χ0v) is 19.0. The van der Waals surface area contributed by atoms with E-state index in [-0.39, 0.29) is 11.9 Å². The molecule has 0 spiro atoms. The smallest absolute Gasteiger partial charge is 0.309 e. The van der Waals surface area contributed by atoms with Gasteiger partial charge < -0.3 is 9.64 Å². The van der Waals surface area contributed by atoms with Crippen molar-refractivity contribution >= 4 is 5.97 Å². The summed E-state index contributed by atoms with van der Waals surface area (Å²) in [7, 11) is 2.20.